The van der Waals surface area contributed by atoms with Crippen molar-refractivity contribution in [1.82, 2.24) is 4.67 Å². The molecule has 2 atom stereocenters. The second-order valence-corrected chi connectivity index (χ2v) is 18.4. The molecule has 0 amide bonds. The predicted molar refractivity (Wildman–Crippen MR) is 271 cm³/mol. The van der Waals surface area contributed by atoms with Crippen molar-refractivity contribution in [3.05, 3.63) is 186 Å². The summed E-state index contributed by atoms with van der Waals surface area (Å²) in [5.74, 6) is 9.07. The van der Waals surface area contributed by atoms with Gasteiger partial charge in [-0.25, -0.2) is 4.67 Å². The Morgan fingerprint density at radius 2 is 1.15 bits per heavy atom. The van der Waals surface area contributed by atoms with Crippen LogP contribution in [0.25, 0.3) is 32.3 Å². The molecule has 1 unspecified atom stereocenters. The zero-order valence-corrected chi connectivity index (χ0v) is 40.0. The minimum absolute atomic E-state index is 0.114. The highest BCUT2D eigenvalue weighted by Crippen LogP contribution is 2.49. The lowest BCUT2D eigenvalue weighted by atomic mass is 9.80. The molecule has 0 fully saturated rings. The van der Waals surface area contributed by atoms with Crippen LogP contribution in [0.2, 0.25) is 0 Å². The van der Waals surface area contributed by atoms with Gasteiger partial charge in [-0.1, -0.05) is 115 Å². The Morgan fingerprint density at radius 3 is 1.75 bits per heavy atom. The number of hydrogen-bond acceptors (Lipinski definition) is 8. The van der Waals surface area contributed by atoms with Gasteiger partial charge in [0.2, 0.25) is 0 Å². The first kappa shape index (κ1) is 47.0. The van der Waals surface area contributed by atoms with E-state index >= 15 is 0 Å². The molecule has 0 bridgehead atoms. The third-order valence-corrected chi connectivity index (χ3v) is 14.2. The van der Waals surface area contributed by atoms with Crippen molar-refractivity contribution in [3.63, 3.8) is 0 Å². The Labute approximate surface area is 396 Å². The summed E-state index contributed by atoms with van der Waals surface area (Å²) in [6.07, 6.45) is 0.251. The van der Waals surface area contributed by atoms with Crippen molar-refractivity contribution < 1.29 is 28.0 Å². The summed E-state index contributed by atoms with van der Waals surface area (Å²) in [7, 11) is 1.72. The zero-order valence-electron chi connectivity index (χ0n) is 39.1. The second kappa shape index (κ2) is 21.9. The van der Waals surface area contributed by atoms with Crippen molar-refractivity contribution in [3.8, 4) is 35.2 Å². The van der Waals surface area contributed by atoms with Crippen molar-refractivity contribution in [1.29, 1.82) is 5.26 Å². The molecule has 0 aliphatic rings. The largest absolute Gasteiger partial charge is 0.497 e. The number of ether oxygens (including phenoxy) is 4. The Balaban J connectivity index is 1.07. The highest BCUT2D eigenvalue weighted by Gasteiger charge is 2.39. The number of nitrogens with zero attached hydrogens (tertiary/aromatic N) is 2. The molecule has 8 rings (SSSR count). The van der Waals surface area contributed by atoms with Crippen molar-refractivity contribution in [2.45, 2.75) is 64.3 Å². The first-order chi connectivity index (χ1) is 32.7. The lowest BCUT2D eigenvalue weighted by Gasteiger charge is -2.39. The summed E-state index contributed by atoms with van der Waals surface area (Å²) in [6, 6.07) is 56.1. The fourth-order valence-corrected chi connectivity index (χ4v) is 10.5. The summed E-state index contributed by atoms with van der Waals surface area (Å²) in [6.45, 7) is 9.31. The smallest absolute Gasteiger partial charge is 0.259 e. The zero-order chi connectivity index (χ0) is 46.8. The number of benzene rings is 8. The highest BCUT2D eigenvalue weighted by atomic mass is 31.2. The van der Waals surface area contributed by atoms with E-state index in [1.807, 2.05) is 91.0 Å². The first-order valence-corrected chi connectivity index (χ1v) is 24.0. The molecule has 0 spiro atoms. The van der Waals surface area contributed by atoms with Crippen LogP contribution in [0, 0.1) is 23.2 Å². The van der Waals surface area contributed by atoms with Crippen LogP contribution in [0.5, 0.6) is 17.2 Å². The van der Waals surface area contributed by atoms with Crippen LogP contribution in [0.1, 0.15) is 68.4 Å². The molecule has 8 aromatic rings. The molecule has 0 heterocycles. The number of rotatable bonds is 20. The molecule has 8 nitrogen and oxygen atoms in total. The Hall–Kier alpha value is -6.48. The average Bonchev–Trinajstić information content (AvgIpc) is 3.36. The quantitative estimate of drug-likeness (QED) is 0.0246. The van der Waals surface area contributed by atoms with E-state index in [1.165, 1.54) is 26.9 Å². The second-order valence-electron chi connectivity index (χ2n) is 17.0. The van der Waals surface area contributed by atoms with Gasteiger partial charge in [-0.15, -0.1) is 0 Å². The van der Waals surface area contributed by atoms with E-state index in [4.69, 9.17) is 28.0 Å². The van der Waals surface area contributed by atoms with Gasteiger partial charge >= 0.3 is 0 Å². The van der Waals surface area contributed by atoms with Crippen molar-refractivity contribution in [2.24, 2.45) is 0 Å². The number of nitriles is 1. The van der Waals surface area contributed by atoms with E-state index in [1.54, 1.807) is 14.2 Å². The van der Waals surface area contributed by atoms with Gasteiger partial charge in [-0.05, 0) is 131 Å². The maximum Gasteiger partial charge on any atom is 0.259 e. The van der Waals surface area contributed by atoms with Gasteiger partial charge in [0.25, 0.3) is 8.53 Å². The summed E-state index contributed by atoms with van der Waals surface area (Å²) < 4.78 is 40.7. The molecule has 0 aromatic heterocycles. The topological polar surface area (TPSA) is 82.4 Å². The van der Waals surface area contributed by atoms with E-state index in [0.29, 0.717) is 13.0 Å². The molecule has 0 aliphatic heterocycles. The summed E-state index contributed by atoms with van der Waals surface area (Å²) in [5, 5.41) is 16.9. The fourth-order valence-electron chi connectivity index (χ4n) is 8.81. The molecule has 340 valence electrons. The molecule has 0 saturated heterocycles. The number of hydrogen-bond donors (Lipinski definition) is 0. The van der Waals surface area contributed by atoms with Crippen LogP contribution in [-0.2, 0) is 19.4 Å². The fraction of sp³-hybridized carbons (Fsp3) is 0.259. The van der Waals surface area contributed by atoms with Crippen LogP contribution in [0.15, 0.2) is 158 Å². The lowest BCUT2D eigenvalue weighted by Crippen LogP contribution is -2.38. The van der Waals surface area contributed by atoms with Crippen molar-refractivity contribution in [2.75, 3.05) is 34.0 Å². The molecule has 67 heavy (non-hydrogen) atoms. The van der Waals surface area contributed by atoms with E-state index < -0.39 is 20.2 Å². The first-order valence-electron chi connectivity index (χ1n) is 22.9. The molecular formula is C58H57N2O6P. The maximum absolute atomic E-state index is 9.46. The van der Waals surface area contributed by atoms with Gasteiger partial charge in [0.1, 0.15) is 22.8 Å². The van der Waals surface area contributed by atoms with Crippen molar-refractivity contribution >= 4 is 40.8 Å². The molecule has 8 aromatic carbocycles. The number of methoxy groups -OCH3 is 2. The van der Waals surface area contributed by atoms with E-state index in [9.17, 15) is 5.26 Å². The summed E-state index contributed by atoms with van der Waals surface area (Å²) in [5.41, 5.74) is 3.61. The predicted octanol–water partition coefficient (Wildman–Crippen LogP) is 13.4. The minimum Gasteiger partial charge on any atom is -0.497 e. The average molecular weight is 909 g/mol. The molecule has 0 radical (unpaired) electrons. The molecular weight excluding hydrogens is 852 g/mol. The van der Waals surface area contributed by atoms with E-state index in [-0.39, 0.29) is 31.7 Å². The Kier molecular flexibility index (Phi) is 15.4. The third kappa shape index (κ3) is 10.6. The summed E-state index contributed by atoms with van der Waals surface area (Å²) in [4.78, 5) is 0. The van der Waals surface area contributed by atoms with Crippen LogP contribution in [0.4, 0.5) is 0 Å². The van der Waals surface area contributed by atoms with Crippen LogP contribution in [0.3, 0.4) is 0 Å². The molecule has 0 aliphatic carbocycles. The van der Waals surface area contributed by atoms with Gasteiger partial charge in [-0.3, -0.25) is 0 Å². The maximum atomic E-state index is 9.46. The highest BCUT2D eigenvalue weighted by molar-refractivity contribution is 7.44. The monoisotopic (exact) mass is 908 g/mol. The third-order valence-electron chi connectivity index (χ3n) is 12.0. The SMILES string of the molecule is COc1ccc(C(OC[C@H](CCOc2ccc(C#Cc3ccc4ccc5cccc6ccc3c4c56)cc2)OP(OCCC#N)N(C(C)C)C(C)C)(c2ccccc2)c2ccc(OC)cc2)cc1. The van der Waals surface area contributed by atoms with Gasteiger partial charge in [0.15, 0.2) is 0 Å². The van der Waals surface area contributed by atoms with E-state index in [2.05, 4.69) is 117 Å². The molecule has 0 saturated carbocycles. The van der Waals surface area contributed by atoms with Gasteiger partial charge in [0, 0.05) is 29.6 Å². The van der Waals surface area contributed by atoms with Gasteiger partial charge < -0.3 is 28.0 Å². The van der Waals surface area contributed by atoms with E-state index in [0.717, 1.165) is 50.5 Å². The Morgan fingerprint density at radius 1 is 0.582 bits per heavy atom. The van der Waals surface area contributed by atoms with Crippen LogP contribution in [-0.4, -0.2) is 56.9 Å². The standard InChI is InChI=1S/C58H57N2O6P/c1-41(2)60(42(3)4)67(65-38-11-37-59)66-54(40-64-58(48-14-8-7-9-15-48,49-25-31-51(61-5)32-26-49)50-27-33-52(62-6)34-28-50)36-39-63-53-29-17-43(18-30-53)16-19-44-20-21-47-23-22-45-12-10-13-46-24-35-55(44)57(47)56(45)46/h7-10,12-15,17-18,20-35,41-42,54H,11,36,38-40H2,1-6H3/t54-,67?/m0/s1. The van der Waals surface area contributed by atoms with Crippen LogP contribution >= 0.6 is 8.53 Å². The Bertz CT molecular complexity index is 2890. The summed E-state index contributed by atoms with van der Waals surface area (Å²) >= 11 is 0. The van der Waals surface area contributed by atoms with Gasteiger partial charge in [-0.2, -0.15) is 5.26 Å². The normalized spacial score (nSPS) is 12.7. The molecule has 0 N–H and O–H groups in total. The molecule has 9 heteroatoms. The minimum atomic E-state index is -1.60. The lowest BCUT2D eigenvalue weighted by molar-refractivity contribution is -0.0388. The van der Waals surface area contributed by atoms with Gasteiger partial charge in [0.05, 0.1) is 52.6 Å². The van der Waals surface area contributed by atoms with Crippen LogP contribution < -0.4 is 14.2 Å².